The van der Waals surface area contributed by atoms with E-state index in [0.29, 0.717) is 5.82 Å². The van der Waals surface area contributed by atoms with Crippen LogP contribution in [0.15, 0.2) is 28.8 Å². The second-order valence-corrected chi connectivity index (χ2v) is 4.20. The lowest BCUT2D eigenvalue weighted by Crippen LogP contribution is -2.21. The van der Waals surface area contributed by atoms with Gasteiger partial charge in [0.1, 0.15) is 5.82 Å². The quantitative estimate of drug-likeness (QED) is 0.628. The van der Waals surface area contributed by atoms with E-state index < -0.39 is 5.41 Å². The van der Waals surface area contributed by atoms with Crippen LogP contribution in [0.5, 0.6) is 0 Å². The Balaban J connectivity index is 2.37. The molecular formula is C11H13FN4O. The van der Waals surface area contributed by atoms with Crippen LogP contribution in [0.1, 0.15) is 25.2 Å². The van der Waals surface area contributed by atoms with E-state index in [1.54, 1.807) is 12.1 Å². The summed E-state index contributed by atoms with van der Waals surface area (Å²) in [5, 5.41) is 3.84. The van der Waals surface area contributed by atoms with Gasteiger partial charge < -0.3 is 4.52 Å². The summed E-state index contributed by atoms with van der Waals surface area (Å²) in [4.78, 5) is 4.09. The Labute approximate surface area is 97.8 Å². The van der Waals surface area contributed by atoms with Crippen LogP contribution in [0.4, 0.5) is 10.4 Å². The number of hydrazine groups is 1. The SMILES string of the molecule is CC(C)(c1ccc(F)cc1)c1noc(NN)n1. The highest BCUT2D eigenvalue weighted by atomic mass is 19.1. The van der Waals surface area contributed by atoms with Crippen molar-refractivity contribution in [3.05, 3.63) is 41.5 Å². The minimum absolute atomic E-state index is 0.148. The number of hydrogen-bond acceptors (Lipinski definition) is 5. The number of nitrogens with zero attached hydrogens (tertiary/aromatic N) is 2. The van der Waals surface area contributed by atoms with Gasteiger partial charge in [-0.05, 0) is 31.5 Å². The molecule has 0 saturated carbocycles. The Morgan fingerprint density at radius 2 is 1.94 bits per heavy atom. The van der Waals surface area contributed by atoms with Gasteiger partial charge in [0.2, 0.25) is 0 Å². The first kappa shape index (κ1) is 11.5. The fourth-order valence-corrected chi connectivity index (χ4v) is 1.53. The normalized spacial score (nSPS) is 11.5. The topological polar surface area (TPSA) is 77.0 Å². The van der Waals surface area contributed by atoms with Crippen molar-refractivity contribution in [3.63, 3.8) is 0 Å². The Bertz CT molecular complexity index is 506. The molecule has 3 N–H and O–H groups in total. The largest absolute Gasteiger partial charge is 0.335 e. The van der Waals surface area contributed by atoms with Crippen LogP contribution in [0, 0.1) is 5.82 Å². The number of nitrogens with two attached hydrogens (primary N) is 1. The minimum Gasteiger partial charge on any atom is -0.314 e. The van der Waals surface area contributed by atoms with Gasteiger partial charge >= 0.3 is 6.01 Å². The summed E-state index contributed by atoms with van der Waals surface area (Å²) in [7, 11) is 0. The van der Waals surface area contributed by atoms with E-state index >= 15 is 0 Å². The molecule has 0 unspecified atom stereocenters. The smallest absolute Gasteiger partial charge is 0.314 e. The predicted octanol–water partition coefficient (Wildman–Crippen LogP) is 1.82. The standard InChI is InChI=1S/C11H13FN4O/c1-11(2,7-3-5-8(12)6-4-7)9-14-10(15-13)17-16-9/h3-6H,13H2,1-2H3,(H,14,15,16). The lowest BCUT2D eigenvalue weighted by Gasteiger charge is -2.20. The van der Waals surface area contributed by atoms with Gasteiger partial charge in [0.15, 0.2) is 5.82 Å². The van der Waals surface area contributed by atoms with Crippen LogP contribution in [0.2, 0.25) is 0 Å². The van der Waals surface area contributed by atoms with Crippen LogP contribution in [-0.4, -0.2) is 10.1 Å². The summed E-state index contributed by atoms with van der Waals surface area (Å²) in [6, 6.07) is 6.34. The number of anilines is 1. The van der Waals surface area contributed by atoms with Crippen molar-refractivity contribution in [1.29, 1.82) is 0 Å². The van der Waals surface area contributed by atoms with Gasteiger partial charge in [-0.3, -0.25) is 5.43 Å². The zero-order valence-electron chi connectivity index (χ0n) is 9.57. The summed E-state index contributed by atoms with van der Waals surface area (Å²) in [6.07, 6.45) is 0. The van der Waals surface area contributed by atoms with E-state index in [9.17, 15) is 4.39 Å². The van der Waals surface area contributed by atoms with Gasteiger partial charge in [-0.1, -0.05) is 17.3 Å². The van der Waals surface area contributed by atoms with Crippen LogP contribution in [0.3, 0.4) is 0 Å². The first-order valence-corrected chi connectivity index (χ1v) is 5.11. The number of halogens is 1. The number of nitrogen functional groups attached to an aromatic ring is 1. The van der Waals surface area contributed by atoms with Crippen molar-refractivity contribution in [1.82, 2.24) is 10.1 Å². The second-order valence-electron chi connectivity index (χ2n) is 4.20. The van der Waals surface area contributed by atoms with Crippen molar-refractivity contribution >= 4 is 6.01 Å². The molecule has 2 rings (SSSR count). The van der Waals surface area contributed by atoms with Gasteiger partial charge in [0.25, 0.3) is 0 Å². The van der Waals surface area contributed by atoms with E-state index in [4.69, 9.17) is 10.4 Å². The Hall–Kier alpha value is -1.95. The molecule has 1 aromatic carbocycles. The number of nitrogens with one attached hydrogen (secondary N) is 1. The first-order valence-electron chi connectivity index (χ1n) is 5.11. The predicted molar refractivity (Wildman–Crippen MR) is 60.6 cm³/mol. The number of hydrogen-bond donors (Lipinski definition) is 2. The molecule has 17 heavy (non-hydrogen) atoms. The molecule has 2 aromatic rings. The third-order valence-corrected chi connectivity index (χ3v) is 2.67. The molecule has 5 nitrogen and oxygen atoms in total. The average molecular weight is 236 g/mol. The zero-order valence-corrected chi connectivity index (χ0v) is 9.57. The maximum absolute atomic E-state index is 12.9. The molecule has 0 radical (unpaired) electrons. The van der Waals surface area contributed by atoms with Crippen LogP contribution < -0.4 is 11.3 Å². The second kappa shape index (κ2) is 4.14. The summed E-state index contributed by atoms with van der Waals surface area (Å²) < 4.78 is 17.7. The molecule has 90 valence electrons. The van der Waals surface area contributed by atoms with Gasteiger partial charge in [-0.2, -0.15) is 4.98 Å². The molecule has 0 saturated heterocycles. The van der Waals surface area contributed by atoms with Crippen molar-refractivity contribution in [3.8, 4) is 0 Å². The molecule has 0 aliphatic carbocycles. The van der Waals surface area contributed by atoms with Crippen LogP contribution in [-0.2, 0) is 5.41 Å². The molecule has 1 aromatic heterocycles. The molecular weight excluding hydrogens is 223 g/mol. The van der Waals surface area contributed by atoms with E-state index in [-0.39, 0.29) is 11.8 Å². The molecule has 0 aliphatic heterocycles. The van der Waals surface area contributed by atoms with E-state index in [1.165, 1.54) is 12.1 Å². The van der Waals surface area contributed by atoms with Crippen molar-refractivity contribution < 1.29 is 8.91 Å². The van der Waals surface area contributed by atoms with Gasteiger partial charge in [-0.15, -0.1) is 0 Å². The molecule has 6 heteroatoms. The third-order valence-electron chi connectivity index (χ3n) is 2.67. The summed E-state index contributed by atoms with van der Waals surface area (Å²) in [5.41, 5.74) is 2.69. The van der Waals surface area contributed by atoms with Crippen LogP contribution >= 0.6 is 0 Å². The summed E-state index contributed by atoms with van der Waals surface area (Å²) >= 11 is 0. The highest BCUT2D eigenvalue weighted by Gasteiger charge is 2.28. The Morgan fingerprint density at radius 1 is 1.29 bits per heavy atom. The maximum Gasteiger partial charge on any atom is 0.335 e. The average Bonchev–Trinajstić information content (AvgIpc) is 2.78. The van der Waals surface area contributed by atoms with Crippen molar-refractivity contribution in [2.45, 2.75) is 19.3 Å². The highest BCUT2D eigenvalue weighted by molar-refractivity contribution is 5.32. The summed E-state index contributed by atoms with van der Waals surface area (Å²) in [5.74, 6) is 5.38. The molecule has 0 fully saturated rings. The molecule has 0 bridgehead atoms. The third kappa shape index (κ3) is 2.12. The van der Waals surface area contributed by atoms with Crippen LogP contribution in [0.25, 0.3) is 0 Å². The number of aromatic nitrogens is 2. The Morgan fingerprint density at radius 3 is 2.47 bits per heavy atom. The Kier molecular flexibility index (Phi) is 2.81. The highest BCUT2D eigenvalue weighted by Crippen LogP contribution is 2.29. The molecule has 0 spiro atoms. The first-order chi connectivity index (χ1) is 8.04. The monoisotopic (exact) mass is 236 g/mol. The number of rotatable bonds is 3. The van der Waals surface area contributed by atoms with E-state index in [0.717, 1.165) is 5.56 Å². The molecule has 0 atom stereocenters. The molecule has 0 amide bonds. The fourth-order valence-electron chi connectivity index (χ4n) is 1.53. The number of benzene rings is 1. The summed E-state index contributed by atoms with van der Waals surface area (Å²) in [6.45, 7) is 3.84. The van der Waals surface area contributed by atoms with Gasteiger partial charge in [0, 0.05) is 0 Å². The van der Waals surface area contributed by atoms with E-state index in [2.05, 4.69) is 15.6 Å². The minimum atomic E-state index is -0.480. The maximum atomic E-state index is 12.9. The fraction of sp³-hybridized carbons (Fsp3) is 0.273. The molecule has 1 heterocycles. The zero-order chi connectivity index (χ0) is 12.5. The molecule has 0 aliphatic rings. The lowest BCUT2D eigenvalue weighted by atomic mass is 9.84. The lowest BCUT2D eigenvalue weighted by molar-refractivity contribution is 0.408. The van der Waals surface area contributed by atoms with Crippen molar-refractivity contribution in [2.75, 3.05) is 5.43 Å². The van der Waals surface area contributed by atoms with Crippen molar-refractivity contribution in [2.24, 2.45) is 5.84 Å². The van der Waals surface area contributed by atoms with Gasteiger partial charge in [-0.25, -0.2) is 10.2 Å². The van der Waals surface area contributed by atoms with E-state index in [1.807, 2.05) is 13.8 Å². The van der Waals surface area contributed by atoms with Gasteiger partial charge in [0.05, 0.1) is 5.41 Å².